The number of aromatic nitrogens is 2. The topological polar surface area (TPSA) is 47.0 Å². The number of rotatable bonds is 6. The average molecular weight is 333 g/mol. The maximum atomic E-state index is 5.20. The third-order valence-corrected chi connectivity index (χ3v) is 4.28. The lowest BCUT2D eigenvalue weighted by Gasteiger charge is -2.15. The summed E-state index contributed by atoms with van der Waals surface area (Å²) in [6.07, 6.45) is 6.65. The van der Waals surface area contributed by atoms with E-state index in [1.807, 2.05) is 36.8 Å². The molecule has 2 aromatic heterocycles. The van der Waals surface area contributed by atoms with Crippen molar-refractivity contribution >= 4 is 5.82 Å². The minimum absolute atomic E-state index is 0.161. The molecule has 0 bridgehead atoms. The van der Waals surface area contributed by atoms with E-state index in [9.17, 15) is 0 Å². The van der Waals surface area contributed by atoms with E-state index in [0.29, 0.717) is 0 Å². The minimum atomic E-state index is 0.161. The van der Waals surface area contributed by atoms with Gasteiger partial charge in [0.2, 0.25) is 0 Å². The van der Waals surface area contributed by atoms with E-state index in [-0.39, 0.29) is 6.04 Å². The van der Waals surface area contributed by atoms with E-state index in [0.717, 1.165) is 29.1 Å². The zero-order chi connectivity index (χ0) is 17.6. The molecule has 128 valence electrons. The van der Waals surface area contributed by atoms with Gasteiger partial charge in [-0.25, -0.2) is 4.98 Å². The Hall–Kier alpha value is -2.88. The van der Waals surface area contributed by atoms with Crippen LogP contribution < -0.4 is 10.1 Å². The number of benzene rings is 1. The van der Waals surface area contributed by atoms with Crippen LogP contribution in [0.25, 0.3) is 11.1 Å². The van der Waals surface area contributed by atoms with E-state index in [4.69, 9.17) is 4.74 Å². The molecule has 0 aliphatic carbocycles. The smallest absolute Gasteiger partial charge is 0.126 e. The Morgan fingerprint density at radius 1 is 1.00 bits per heavy atom. The Labute approximate surface area is 148 Å². The minimum Gasteiger partial charge on any atom is -0.497 e. The van der Waals surface area contributed by atoms with Crippen molar-refractivity contribution < 1.29 is 4.74 Å². The van der Waals surface area contributed by atoms with Crippen LogP contribution in [0.3, 0.4) is 0 Å². The highest BCUT2D eigenvalue weighted by Crippen LogP contribution is 2.23. The van der Waals surface area contributed by atoms with Gasteiger partial charge in [-0.3, -0.25) is 4.98 Å². The van der Waals surface area contributed by atoms with E-state index in [2.05, 4.69) is 53.4 Å². The molecule has 0 aliphatic heterocycles. The summed E-state index contributed by atoms with van der Waals surface area (Å²) in [5.74, 6) is 1.72. The number of hydrogen-bond acceptors (Lipinski definition) is 4. The van der Waals surface area contributed by atoms with Gasteiger partial charge in [-0.15, -0.1) is 0 Å². The van der Waals surface area contributed by atoms with Gasteiger partial charge < -0.3 is 10.1 Å². The molecule has 25 heavy (non-hydrogen) atoms. The highest BCUT2D eigenvalue weighted by Gasteiger charge is 2.07. The van der Waals surface area contributed by atoms with Crippen molar-refractivity contribution in [2.75, 3.05) is 12.4 Å². The highest BCUT2D eigenvalue weighted by molar-refractivity contribution is 5.63. The van der Waals surface area contributed by atoms with Crippen LogP contribution in [-0.2, 0) is 6.42 Å². The SMILES string of the molecule is CCc1cncc(-c2ccc(N[C@H](C)c3ccc(OC)cc3)nc2)c1. The Balaban J connectivity index is 1.71. The molecule has 1 atom stereocenters. The van der Waals surface area contributed by atoms with Crippen LogP contribution in [0.15, 0.2) is 61.1 Å². The monoisotopic (exact) mass is 333 g/mol. The Bertz CT molecular complexity index is 813. The van der Waals surface area contributed by atoms with Crippen LogP contribution in [0.2, 0.25) is 0 Å². The first-order valence-electron chi connectivity index (χ1n) is 8.50. The second-order valence-corrected chi connectivity index (χ2v) is 6.01. The summed E-state index contributed by atoms with van der Waals surface area (Å²) in [4.78, 5) is 8.85. The standard InChI is InChI=1S/C21H23N3O/c1-4-16-11-19(13-22-12-16)18-7-10-21(23-14-18)24-15(2)17-5-8-20(25-3)9-6-17/h5-15H,4H2,1-3H3,(H,23,24)/t15-/m1/s1. The Kier molecular flexibility index (Phi) is 5.29. The van der Waals surface area contributed by atoms with Crippen molar-refractivity contribution in [3.8, 4) is 16.9 Å². The van der Waals surface area contributed by atoms with Gasteiger partial charge in [0.15, 0.2) is 0 Å². The Morgan fingerprint density at radius 3 is 2.44 bits per heavy atom. The molecule has 0 amide bonds. The van der Waals surface area contributed by atoms with Gasteiger partial charge in [0, 0.05) is 35.8 Å². The van der Waals surface area contributed by atoms with Crippen LogP contribution in [0.4, 0.5) is 5.82 Å². The fraction of sp³-hybridized carbons (Fsp3) is 0.238. The summed E-state index contributed by atoms with van der Waals surface area (Å²) in [5.41, 5.74) is 4.59. The predicted octanol–water partition coefficient (Wildman–Crippen LogP) is 4.89. The van der Waals surface area contributed by atoms with E-state index < -0.39 is 0 Å². The lowest BCUT2D eigenvalue weighted by atomic mass is 10.1. The van der Waals surface area contributed by atoms with Crippen molar-refractivity contribution in [3.63, 3.8) is 0 Å². The van der Waals surface area contributed by atoms with E-state index in [1.165, 1.54) is 11.1 Å². The third-order valence-electron chi connectivity index (χ3n) is 4.28. The van der Waals surface area contributed by atoms with Crippen molar-refractivity contribution in [2.45, 2.75) is 26.3 Å². The molecule has 0 radical (unpaired) electrons. The number of nitrogens with zero attached hydrogens (tertiary/aromatic N) is 2. The van der Waals surface area contributed by atoms with Gasteiger partial charge in [0.25, 0.3) is 0 Å². The number of aryl methyl sites for hydroxylation is 1. The number of ether oxygens (including phenoxy) is 1. The highest BCUT2D eigenvalue weighted by atomic mass is 16.5. The van der Waals surface area contributed by atoms with Crippen LogP contribution in [0.5, 0.6) is 5.75 Å². The van der Waals surface area contributed by atoms with E-state index in [1.54, 1.807) is 7.11 Å². The maximum absolute atomic E-state index is 5.20. The molecule has 0 spiro atoms. The molecule has 0 saturated carbocycles. The number of pyridine rings is 2. The molecule has 4 nitrogen and oxygen atoms in total. The Morgan fingerprint density at radius 2 is 1.80 bits per heavy atom. The van der Waals surface area contributed by atoms with Gasteiger partial charge >= 0.3 is 0 Å². The molecule has 3 aromatic rings. The molecular formula is C21H23N3O. The van der Waals surface area contributed by atoms with Crippen LogP contribution in [0.1, 0.15) is 31.0 Å². The second kappa shape index (κ2) is 7.79. The summed E-state index contributed by atoms with van der Waals surface area (Å²) in [5, 5.41) is 3.43. The normalized spacial score (nSPS) is 11.8. The van der Waals surface area contributed by atoms with Crippen molar-refractivity contribution in [3.05, 3.63) is 72.2 Å². The number of methoxy groups -OCH3 is 1. The molecule has 0 unspecified atom stereocenters. The lowest BCUT2D eigenvalue weighted by molar-refractivity contribution is 0.414. The summed E-state index contributed by atoms with van der Waals surface area (Å²) in [6.45, 7) is 4.25. The van der Waals surface area contributed by atoms with Crippen molar-refractivity contribution in [1.82, 2.24) is 9.97 Å². The molecule has 0 fully saturated rings. The fourth-order valence-electron chi connectivity index (χ4n) is 2.69. The first-order valence-corrected chi connectivity index (χ1v) is 8.50. The third kappa shape index (κ3) is 4.15. The first kappa shape index (κ1) is 17.0. The number of hydrogen-bond donors (Lipinski definition) is 1. The molecule has 1 aromatic carbocycles. The quantitative estimate of drug-likeness (QED) is 0.698. The molecule has 2 heterocycles. The van der Waals surface area contributed by atoms with Gasteiger partial charge in [0.1, 0.15) is 11.6 Å². The summed E-state index contributed by atoms with van der Waals surface area (Å²) >= 11 is 0. The average Bonchev–Trinajstić information content (AvgIpc) is 2.68. The van der Waals surface area contributed by atoms with Crippen LogP contribution >= 0.6 is 0 Å². The summed E-state index contributed by atoms with van der Waals surface area (Å²) < 4.78 is 5.20. The molecule has 1 N–H and O–H groups in total. The van der Waals surface area contributed by atoms with Gasteiger partial charge in [-0.1, -0.05) is 19.1 Å². The van der Waals surface area contributed by atoms with Gasteiger partial charge in [-0.2, -0.15) is 0 Å². The zero-order valence-electron chi connectivity index (χ0n) is 14.9. The second-order valence-electron chi connectivity index (χ2n) is 6.01. The zero-order valence-corrected chi connectivity index (χ0v) is 14.9. The number of anilines is 1. The lowest BCUT2D eigenvalue weighted by Crippen LogP contribution is -2.07. The molecule has 4 heteroatoms. The summed E-state index contributed by atoms with van der Waals surface area (Å²) in [6, 6.07) is 14.5. The largest absolute Gasteiger partial charge is 0.497 e. The molecule has 0 saturated heterocycles. The van der Waals surface area contributed by atoms with Crippen LogP contribution in [0, 0.1) is 0 Å². The maximum Gasteiger partial charge on any atom is 0.126 e. The number of nitrogens with one attached hydrogen (secondary N) is 1. The predicted molar refractivity (Wildman–Crippen MR) is 102 cm³/mol. The van der Waals surface area contributed by atoms with Crippen molar-refractivity contribution in [2.24, 2.45) is 0 Å². The van der Waals surface area contributed by atoms with Crippen LogP contribution in [-0.4, -0.2) is 17.1 Å². The van der Waals surface area contributed by atoms with E-state index >= 15 is 0 Å². The van der Waals surface area contributed by atoms with Gasteiger partial charge in [0.05, 0.1) is 7.11 Å². The molecule has 3 rings (SSSR count). The molecular weight excluding hydrogens is 310 g/mol. The van der Waals surface area contributed by atoms with Crippen molar-refractivity contribution in [1.29, 1.82) is 0 Å². The van der Waals surface area contributed by atoms with Gasteiger partial charge in [-0.05, 0) is 54.8 Å². The summed E-state index contributed by atoms with van der Waals surface area (Å²) in [7, 11) is 1.67. The molecule has 0 aliphatic rings. The first-order chi connectivity index (χ1) is 12.2. The fourth-order valence-corrected chi connectivity index (χ4v) is 2.69.